The summed E-state index contributed by atoms with van der Waals surface area (Å²) in [6.07, 6.45) is 0.917. The molecule has 1 saturated carbocycles. The number of halogens is 1. The van der Waals surface area contributed by atoms with Crippen LogP contribution in [0.3, 0.4) is 0 Å². The van der Waals surface area contributed by atoms with Crippen LogP contribution < -0.4 is 19.6 Å². The van der Waals surface area contributed by atoms with E-state index in [-0.39, 0.29) is 42.0 Å². The van der Waals surface area contributed by atoms with Crippen LogP contribution in [0.25, 0.3) is 22.3 Å². The van der Waals surface area contributed by atoms with E-state index in [1.807, 2.05) is 6.92 Å². The summed E-state index contributed by atoms with van der Waals surface area (Å²) >= 11 is 6.28. The normalized spacial score (nSPS) is 17.3. The van der Waals surface area contributed by atoms with Crippen LogP contribution in [0, 0.1) is 5.92 Å². The third-order valence-electron chi connectivity index (χ3n) is 5.68. The Bertz CT molecular complexity index is 1250. The molecule has 9 heteroatoms. The van der Waals surface area contributed by atoms with Crippen LogP contribution in [0.2, 0.25) is 5.02 Å². The second-order valence-electron chi connectivity index (χ2n) is 7.87. The molecule has 0 saturated heterocycles. The lowest BCUT2D eigenvalue weighted by atomic mass is 9.82. The summed E-state index contributed by atoms with van der Waals surface area (Å²) in [5.41, 5.74) is 0.547. The van der Waals surface area contributed by atoms with Gasteiger partial charge in [-0.25, -0.2) is 0 Å². The summed E-state index contributed by atoms with van der Waals surface area (Å²) in [5, 5.41) is 9.69. The maximum Gasteiger partial charge on any atom is 0.306 e. The lowest BCUT2D eigenvalue weighted by Crippen LogP contribution is -2.37. The van der Waals surface area contributed by atoms with Gasteiger partial charge < -0.3 is 28.5 Å². The van der Waals surface area contributed by atoms with Crippen molar-refractivity contribution in [1.29, 1.82) is 0 Å². The van der Waals surface area contributed by atoms with Gasteiger partial charge in [-0.05, 0) is 38.0 Å². The maximum absolute atomic E-state index is 12.7. The molecule has 0 unspecified atom stereocenters. The van der Waals surface area contributed by atoms with Crippen molar-refractivity contribution in [1.82, 2.24) is 0 Å². The van der Waals surface area contributed by atoms with Crippen LogP contribution in [0.15, 0.2) is 45.6 Å². The number of methoxy groups -OCH3 is 1. The van der Waals surface area contributed by atoms with Gasteiger partial charge in [0.05, 0.1) is 48.3 Å². The summed E-state index contributed by atoms with van der Waals surface area (Å²) in [6, 6.07) is 9.75. The van der Waals surface area contributed by atoms with Gasteiger partial charge in [-0.1, -0.05) is 17.7 Å². The summed E-state index contributed by atoms with van der Waals surface area (Å²) in [4.78, 5) is 23.7. The molecule has 0 aliphatic heterocycles. The summed E-state index contributed by atoms with van der Waals surface area (Å²) in [7, 11) is 1.52. The molecule has 1 aromatic heterocycles. The Morgan fingerprint density at radius 1 is 1.12 bits per heavy atom. The van der Waals surface area contributed by atoms with Crippen LogP contribution >= 0.6 is 11.6 Å². The summed E-state index contributed by atoms with van der Waals surface area (Å²) < 4.78 is 28.8. The standard InChI is InChI=1S/C25H25ClO8/c1-3-31-23-11-17(21-12-19(27)16-5-4-6-18(26)24(16)34-21)20(13-22(23)30-2)33-8-7-32-15-9-14(10-15)25(28)29/h4-6,11-15H,3,7-10H2,1-2H3,(H,28,29)/t14-,15+. The Hall–Kier alpha value is -3.23. The molecule has 1 aliphatic rings. The third kappa shape index (κ3) is 4.98. The minimum Gasteiger partial charge on any atom is -0.493 e. The highest BCUT2D eigenvalue weighted by Gasteiger charge is 2.35. The zero-order valence-electron chi connectivity index (χ0n) is 18.8. The molecule has 1 aliphatic carbocycles. The number of hydrogen-bond acceptors (Lipinski definition) is 7. The highest BCUT2D eigenvalue weighted by molar-refractivity contribution is 6.34. The van der Waals surface area contributed by atoms with Gasteiger partial charge in [-0.3, -0.25) is 9.59 Å². The van der Waals surface area contributed by atoms with Gasteiger partial charge in [0.2, 0.25) is 0 Å². The molecule has 0 atom stereocenters. The first-order chi connectivity index (χ1) is 16.4. The fourth-order valence-corrected chi connectivity index (χ4v) is 4.04. The second kappa shape index (κ2) is 10.4. The van der Waals surface area contributed by atoms with Crippen molar-refractivity contribution in [3.05, 3.63) is 51.6 Å². The van der Waals surface area contributed by atoms with E-state index in [0.29, 0.717) is 52.7 Å². The topological polar surface area (TPSA) is 104 Å². The zero-order valence-corrected chi connectivity index (χ0v) is 19.6. The molecule has 1 fully saturated rings. The molecule has 8 nitrogen and oxygen atoms in total. The lowest BCUT2D eigenvalue weighted by Gasteiger charge is -2.32. The van der Waals surface area contributed by atoms with Crippen molar-refractivity contribution in [3.63, 3.8) is 0 Å². The Kier molecular flexibility index (Phi) is 7.29. The van der Waals surface area contributed by atoms with Crippen molar-refractivity contribution in [2.24, 2.45) is 5.92 Å². The quantitative estimate of drug-likeness (QED) is 0.406. The average Bonchev–Trinajstić information content (AvgIpc) is 2.78. The van der Waals surface area contributed by atoms with Gasteiger partial charge in [0, 0.05) is 12.1 Å². The minimum atomic E-state index is -0.792. The van der Waals surface area contributed by atoms with Crippen LogP contribution in [0.5, 0.6) is 17.2 Å². The number of carboxylic acid groups (broad SMARTS) is 1. The molecule has 0 radical (unpaired) electrons. The van der Waals surface area contributed by atoms with E-state index in [2.05, 4.69) is 0 Å². The summed E-state index contributed by atoms with van der Waals surface area (Å²) in [6.45, 7) is 2.75. The number of ether oxygens (including phenoxy) is 4. The highest BCUT2D eigenvalue weighted by Crippen LogP contribution is 2.41. The fraction of sp³-hybridized carbons (Fsp3) is 0.360. The number of para-hydroxylation sites is 1. The molecular weight excluding hydrogens is 464 g/mol. The first-order valence-electron chi connectivity index (χ1n) is 11.0. The first-order valence-corrected chi connectivity index (χ1v) is 11.3. The van der Waals surface area contributed by atoms with Gasteiger partial charge >= 0.3 is 5.97 Å². The van der Waals surface area contributed by atoms with Crippen molar-refractivity contribution >= 4 is 28.5 Å². The van der Waals surface area contributed by atoms with Crippen LogP contribution in [0.4, 0.5) is 0 Å². The highest BCUT2D eigenvalue weighted by atomic mass is 35.5. The van der Waals surface area contributed by atoms with E-state index >= 15 is 0 Å². The van der Waals surface area contributed by atoms with Crippen LogP contribution in [-0.4, -0.2) is 44.1 Å². The minimum absolute atomic E-state index is 0.0836. The van der Waals surface area contributed by atoms with E-state index in [1.54, 1.807) is 30.3 Å². The van der Waals surface area contributed by atoms with Gasteiger partial charge in [0.15, 0.2) is 22.5 Å². The molecule has 2 aromatic carbocycles. The smallest absolute Gasteiger partial charge is 0.306 e. The Labute approximate surface area is 200 Å². The fourth-order valence-electron chi connectivity index (χ4n) is 3.83. The predicted octanol–water partition coefficient (Wildman–Crippen LogP) is 4.78. The van der Waals surface area contributed by atoms with Gasteiger partial charge in [0.1, 0.15) is 18.1 Å². The Morgan fingerprint density at radius 3 is 2.62 bits per heavy atom. The molecular formula is C25H25ClO8. The molecule has 0 spiro atoms. The van der Waals surface area contributed by atoms with Crippen molar-refractivity contribution in [2.45, 2.75) is 25.9 Å². The molecule has 1 heterocycles. The number of aliphatic carboxylic acids is 1. The molecule has 180 valence electrons. The van der Waals surface area contributed by atoms with E-state index < -0.39 is 5.97 Å². The van der Waals surface area contributed by atoms with Crippen LogP contribution in [-0.2, 0) is 9.53 Å². The SMILES string of the molecule is CCOc1cc(-c2cc(=O)c3cccc(Cl)c3o2)c(OCCO[C@H]2C[C@@H](C(=O)O)C2)cc1OC. The molecule has 4 rings (SSSR count). The number of fused-ring (bicyclic) bond motifs is 1. The number of carboxylic acids is 1. The largest absolute Gasteiger partial charge is 0.493 e. The predicted molar refractivity (Wildman–Crippen MR) is 126 cm³/mol. The number of rotatable bonds is 10. The first kappa shape index (κ1) is 23.9. The van der Waals surface area contributed by atoms with Crippen molar-refractivity contribution in [2.75, 3.05) is 26.9 Å². The monoisotopic (exact) mass is 488 g/mol. The van der Waals surface area contributed by atoms with Crippen molar-refractivity contribution < 1.29 is 33.3 Å². The molecule has 0 bridgehead atoms. The number of hydrogen-bond donors (Lipinski definition) is 1. The Balaban J connectivity index is 1.61. The third-order valence-corrected chi connectivity index (χ3v) is 5.97. The molecule has 1 N–H and O–H groups in total. The Morgan fingerprint density at radius 2 is 1.91 bits per heavy atom. The van der Waals surface area contributed by atoms with Crippen LogP contribution in [0.1, 0.15) is 19.8 Å². The maximum atomic E-state index is 12.7. The van der Waals surface area contributed by atoms with E-state index in [4.69, 9.17) is 40.1 Å². The second-order valence-corrected chi connectivity index (χ2v) is 8.28. The molecule has 0 amide bonds. The average molecular weight is 489 g/mol. The number of carbonyl (C=O) groups is 1. The molecule has 34 heavy (non-hydrogen) atoms. The lowest BCUT2D eigenvalue weighted by molar-refractivity contribution is -0.151. The number of benzene rings is 2. The van der Waals surface area contributed by atoms with E-state index in [0.717, 1.165) is 0 Å². The van der Waals surface area contributed by atoms with E-state index in [9.17, 15) is 9.59 Å². The van der Waals surface area contributed by atoms with Gasteiger partial charge in [0.25, 0.3) is 0 Å². The molecule has 3 aromatic rings. The zero-order chi connectivity index (χ0) is 24.2. The van der Waals surface area contributed by atoms with Gasteiger partial charge in [-0.2, -0.15) is 0 Å². The van der Waals surface area contributed by atoms with Gasteiger partial charge in [-0.15, -0.1) is 0 Å². The van der Waals surface area contributed by atoms with Crippen molar-refractivity contribution in [3.8, 4) is 28.6 Å². The van der Waals surface area contributed by atoms with E-state index in [1.165, 1.54) is 13.2 Å². The summed E-state index contributed by atoms with van der Waals surface area (Å²) in [5.74, 6) is 0.490.